The standard InChI is InChI=1S/C43H28N4/c1-4-12-31(13-5-1)41-44-42(32-14-6-2-7-15-32)46-43(45-41)33-23-20-29(21-24-33)34-25-22-30-26-27-39-40(37(30)28-34)36-18-10-11-19-38(36)47(39)35-16-8-3-9-17-35/h1-28H. The van der Waals surface area contributed by atoms with Crippen LogP contribution in [-0.4, -0.2) is 19.5 Å². The molecule has 0 bridgehead atoms. The van der Waals surface area contributed by atoms with Crippen LogP contribution in [-0.2, 0) is 0 Å². The van der Waals surface area contributed by atoms with Gasteiger partial charge >= 0.3 is 0 Å². The van der Waals surface area contributed by atoms with Gasteiger partial charge in [0.2, 0.25) is 0 Å². The number of nitrogens with zero attached hydrogens (tertiary/aromatic N) is 4. The average Bonchev–Trinajstić information content (AvgIpc) is 3.50. The molecule has 0 unspecified atom stereocenters. The van der Waals surface area contributed by atoms with Crippen LogP contribution in [0.5, 0.6) is 0 Å². The van der Waals surface area contributed by atoms with Crippen molar-refractivity contribution in [2.75, 3.05) is 0 Å². The molecule has 9 rings (SSSR count). The molecular formula is C43H28N4. The minimum atomic E-state index is 0.651. The summed E-state index contributed by atoms with van der Waals surface area (Å²) in [5, 5.41) is 4.99. The number of hydrogen-bond donors (Lipinski definition) is 0. The van der Waals surface area contributed by atoms with Crippen LogP contribution in [0, 0.1) is 0 Å². The SMILES string of the molecule is c1ccc(-c2nc(-c3ccccc3)nc(-c3ccc(-c4ccc5ccc6c(c5c4)c4ccccc4n6-c4ccccc4)cc3)n2)cc1. The van der Waals surface area contributed by atoms with Gasteiger partial charge in [-0.25, -0.2) is 15.0 Å². The first kappa shape index (κ1) is 27.0. The molecule has 9 aromatic rings. The van der Waals surface area contributed by atoms with Crippen molar-refractivity contribution in [1.29, 1.82) is 0 Å². The number of aromatic nitrogens is 4. The Bertz CT molecular complexity index is 2480. The summed E-state index contributed by atoms with van der Waals surface area (Å²) >= 11 is 0. The van der Waals surface area contributed by atoms with Crippen LogP contribution in [0.4, 0.5) is 0 Å². The second-order valence-corrected chi connectivity index (χ2v) is 11.7. The van der Waals surface area contributed by atoms with Crippen LogP contribution in [0.3, 0.4) is 0 Å². The smallest absolute Gasteiger partial charge is 0.164 e. The van der Waals surface area contributed by atoms with Crippen molar-refractivity contribution < 1.29 is 0 Å². The highest BCUT2D eigenvalue weighted by Crippen LogP contribution is 2.38. The molecule has 0 aliphatic rings. The summed E-state index contributed by atoms with van der Waals surface area (Å²) in [6.45, 7) is 0. The van der Waals surface area contributed by atoms with Gasteiger partial charge in [0, 0.05) is 33.2 Å². The Labute approximate surface area is 272 Å². The molecule has 0 amide bonds. The molecule has 4 nitrogen and oxygen atoms in total. The van der Waals surface area contributed by atoms with Crippen molar-refractivity contribution in [3.05, 3.63) is 170 Å². The minimum absolute atomic E-state index is 0.651. The second kappa shape index (κ2) is 11.2. The largest absolute Gasteiger partial charge is 0.309 e. The topological polar surface area (TPSA) is 43.6 Å². The minimum Gasteiger partial charge on any atom is -0.309 e. The Kier molecular flexibility index (Phi) is 6.43. The molecule has 4 heteroatoms. The van der Waals surface area contributed by atoms with Gasteiger partial charge in [-0.2, -0.15) is 0 Å². The van der Waals surface area contributed by atoms with E-state index in [0.29, 0.717) is 17.5 Å². The van der Waals surface area contributed by atoms with Crippen molar-refractivity contribution in [3.8, 4) is 51.0 Å². The molecule has 0 N–H and O–H groups in total. The lowest BCUT2D eigenvalue weighted by Crippen LogP contribution is -2.00. The molecular weight excluding hydrogens is 573 g/mol. The van der Waals surface area contributed by atoms with E-state index in [1.54, 1.807) is 0 Å². The molecule has 0 saturated carbocycles. The molecule has 0 radical (unpaired) electrons. The van der Waals surface area contributed by atoms with Crippen LogP contribution in [0.25, 0.3) is 83.6 Å². The number of benzene rings is 7. The zero-order valence-electron chi connectivity index (χ0n) is 25.5. The Balaban J connectivity index is 1.16. The first-order chi connectivity index (χ1) is 23.3. The van der Waals surface area contributed by atoms with E-state index in [-0.39, 0.29) is 0 Å². The maximum absolute atomic E-state index is 4.91. The molecule has 7 aromatic carbocycles. The van der Waals surface area contributed by atoms with Crippen molar-refractivity contribution in [1.82, 2.24) is 19.5 Å². The third-order valence-electron chi connectivity index (χ3n) is 8.84. The van der Waals surface area contributed by atoms with Gasteiger partial charge in [-0.05, 0) is 52.2 Å². The van der Waals surface area contributed by atoms with Crippen molar-refractivity contribution in [2.24, 2.45) is 0 Å². The predicted octanol–water partition coefficient (Wildman–Crippen LogP) is 10.8. The van der Waals surface area contributed by atoms with Gasteiger partial charge in [-0.3, -0.25) is 0 Å². The fraction of sp³-hybridized carbons (Fsp3) is 0. The van der Waals surface area contributed by atoms with Gasteiger partial charge in [0.25, 0.3) is 0 Å². The third kappa shape index (κ3) is 4.75. The molecule has 2 heterocycles. The van der Waals surface area contributed by atoms with Crippen molar-refractivity contribution in [2.45, 2.75) is 0 Å². The highest BCUT2D eigenvalue weighted by Gasteiger charge is 2.16. The summed E-state index contributed by atoms with van der Waals surface area (Å²) in [7, 11) is 0. The van der Waals surface area contributed by atoms with Crippen LogP contribution >= 0.6 is 0 Å². The highest BCUT2D eigenvalue weighted by atomic mass is 15.0. The normalized spacial score (nSPS) is 11.4. The average molecular weight is 601 g/mol. The Hall–Kier alpha value is -6.39. The predicted molar refractivity (Wildman–Crippen MR) is 193 cm³/mol. The fourth-order valence-corrected chi connectivity index (χ4v) is 6.57. The number of hydrogen-bond acceptors (Lipinski definition) is 3. The Morgan fingerprint density at radius 2 is 0.830 bits per heavy atom. The summed E-state index contributed by atoms with van der Waals surface area (Å²) in [6, 6.07) is 59.3. The monoisotopic (exact) mass is 600 g/mol. The molecule has 0 spiro atoms. The molecule has 0 atom stereocenters. The van der Waals surface area contributed by atoms with E-state index < -0.39 is 0 Å². The van der Waals surface area contributed by atoms with Crippen molar-refractivity contribution >= 4 is 32.6 Å². The quantitative estimate of drug-likeness (QED) is 0.197. The summed E-state index contributed by atoms with van der Waals surface area (Å²) in [5.41, 5.74) is 8.74. The fourth-order valence-electron chi connectivity index (χ4n) is 6.57. The molecule has 220 valence electrons. The zero-order valence-corrected chi connectivity index (χ0v) is 25.5. The molecule has 2 aromatic heterocycles. The van der Waals surface area contributed by atoms with E-state index in [4.69, 9.17) is 15.0 Å². The third-order valence-corrected chi connectivity index (χ3v) is 8.84. The second-order valence-electron chi connectivity index (χ2n) is 11.7. The number of para-hydroxylation sites is 2. The first-order valence-corrected chi connectivity index (χ1v) is 15.8. The van der Waals surface area contributed by atoms with E-state index >= 15 is 0 Å². The molecule has 47 heavy (non-hydrogen) atoms. The molecule has 0 fully saturated rings. The first-order valence-electron chi connectivity index (χ1n) is 15.8. The van der Waals surface area contributed by atoms with E-state index in [9.17, 15) is 0 Å². The van der Waals surface area contributed by atoms with Gasteiger partial charge in [0.15, 0.2) is 17.5 Å². The molecule has 0 aliphatic carbocycles. The van der Waals surface area contributed by atoms with Gasteiger partial charge < -0.3 is 4.57 Å². The Morgan fingerprint density at radius 1 is 0.340 bits per heavy atom. The summed E-state index contributed by atoms with van der Waals surface area (Å²) in [6.07, 6.45) is 0. The van der Waals surface area contributed by atoms with Crippen LogP contribution < -0.4 is 0 Å². The van der Waals surface area contributed by atoms with Crippen LogP contribution in [0.2, 0.25) is 0 Å². The molecule has 0 saturated heterocycles. The van der Waals surface area contributed by atoms with E-state index in [0.717, 1.165) is 27.9 Å². The lowest BCUT2D eigenvalue weighted by molar-refractivity contribution is 1.07. The van der Waals surface area contributed by atoms with Gasteiger partial charge in [0.1, 0.15) is 0 Å². The maximum atomic E-state index is 4.91. The summed E-state index contributed by atoms with van der Waals surface area (Å²) in [4.78, 5) is 14.7. The van der Waals surface area contributed by atoms with Crippen LogP contribution in [0.1, 0.15) is 0 Å². The van der Waals surface area contributed by atoms with E-state index in [1.807, 2.05) is 60.7 Å². The van der Waals surface area contributed by atoms with Crippen molar-refractivity contribution in [3.63, 3.8) is 0 Å². The number of fused-ring (bicyclic) bond motifs is 5. The zero-order chi connectivity index (χ0) is 31.2. The summed E-state index contributed by atoms with van der Waals surface area (Å²) < 4.78 is 2.37. The van der Waals surface area contributed by atoms with Gasteiger partial charge in [0.05, 0.1) is 11.0 Å². The Morgan fingerprint density at radius 3 is 1.47 bits per heavy atom. The lowest BCUT2D eigenvalue weighted by Gasteiger charge is -2.10. The van der Waals surface area contributed by atoms with Gasteiger partial charge in [-0.15, -0.1) is 0 Å². The highest BCUT2D eigenvalue weighted by molar-refractivity contribution is 6.21. The number of rotatable bonds is 5. The van der Waals surface area contributed by atoms with Crippen LogP contribution in [0.15, 0.2) is 170 Å². The summed E-state index contributed by atoms with van der Waals surface area (Å²) in [5.74, 6) is 1.97. The van der Waals surface area contributed by atoms with E-state index in [1.165, 1.54) is 38.1 Å². The molecule has 0 aliphatic heterocycles. The van der Waals surface area contributed by atoms with Gasteiger partial charge in [-0.1, -0.05) is 140 Å². The lowest BCUT2D eigenvalue weighted by atomic mass is 9.97. The van der Waals surface area contributed by atoms with E-state index in [2.05, 4.69) is 114 Å². The maximum Gasteiger partial charge on any atom is 0.164 e.